The molecule has 1 fully saturated rings. The monoisotopic (exact) mass is 226 g/mol. The molecule has 0 bridgehead atoms. The number of hydrogen-bond donors (Lipinski definition) is 2. The lowest BCUT2D eigenvalue weighted by atomic mass is 10.1. The minimum atomic E-state index is -0.0667. The first kappa shape index (κ1) is 10.5. The molecule has 6 heteroatoms. The van der Waals surface area contributed by atoms with E-state index in [0.29, 0.717) is 17.5 Å². The largest absolute Gasteiger partial charge is 0.351 e. The van der Waals surface area contributed by atoms with Crippen LogP contribution in [-0.4, -0.2) is 34.6 Å². The van der Waals surface area contributed by atoms with Crippen LogP contribution >= 0.6 is 11.5 Å². The Morgan fingerprint density at radius 1 is 1.73 bits per heavy atom. The molecule has 1 aromatic rings. The molecule has 15 heavy (non-hydrogen) atoms. The molecular weight excluding hydrogens is 212 g/mol. The topological polar surface area (TPSA) is 66.9 Å². The number of nitrogens with zero attached hydrogens (tertiary/aromatic N) is 2. The zero-order valence-electron chi connectivity index (χ0n) is 8.40. The fourth-order valence-electron chi connectivity index (χ4n) is 1.72. The molecule has 1 unspecified atom stereocenters. The van der Waals surface area contributed by atoms with Gasteiger partial charge in [-0.3, -0.25) is 4.79 Å². The molecule has 1 atom stereocenters. The summed E-state index contributed by atoms with van der Waals surface area (Å²) in [6, 6.07) is 0.574. The van der Waals surface area contributed by atoms with E-state index in [2.05, 4.69) is 20.2 Å². The van der Waals surface area contributed by atoms with Crippen LogP contribution in [0.1, 0.15) is 28.9 Å². The minimum Gasteiger partial charge on any atom is -0.351 e. The third-order valence-corrected chi connectivity index (χ3v) is 3.19. The Bertz CT molecular complexity index is 308. The molecule has 2 N–H and O–H groups in total. The summed E-state index contributed by atoms with van der Waals surface area (Å²) in [5.41, 5.74) is 0. The van der Waals surface area contributed by atoms with Crippen molar-refractivity contribution in [3.05, 3.63) is 11.1 Å². The van der Waals surface area contributed by atoms with E-state index >= 15 is 0 Å². The summed E-state index contributed by atoms with van der Waals surface area (Å²) < 4.78 is 3.65. The normalized spacial score (nSPS) is 20.4. The van der Waals surface area contributed by atoms with E-state index < -0.39 is 0 Å². The smallest absolute Gasteiger partial charge is 0.264 e. The quantitative estimate of drug-likeness (QED) is 0.780. The van der Waals surface area contributed by atoms with Crippen LogP contribution in [-0.2, 0) is 0 Å². The molecule has 0 radical (unpaired) electrons. The number of amides is 1. The molecule has 0 aromatic carbocycles. The molecule has 2 rings (SSSR count). The van der Waals surface area contributed by atoms with Crippen LogP contribution in [0.25, 0.3) is 0 Å². The van der Waals surface area contributed by atoms with Crippen LogP contribution < -0.4 is 10.6 Å². The average molecular weight is 226 g/mol. The second-order valence-corrected chi connectivity index (χ2v) is 4.41. The van der Waals surface area contributed by atoms with Gasteiger partial charge in [0.15, 0.2) is 0 Å². The highest BCUT2D eigenvalue weighted by atomic mass is 32.1. The van der Waals surface area contributed by atoms with Gasteiger partial charge in [-0.15, -0.1) is 5.10 Å². The van der Waals surface area contributed by atoms with Crippen molar-refractivity contribution in [2.24, 2.45) is 0 Å². The van der Waals surface area contributed by atoms with Crippen molar-refractivity contribution >= 4 is 17.4 Å². The second kappa shape index (κ2) is 5.18. The van der Waals surface area contributed by atoms with E-state index in [1.807, 2.05) is 0 Å². The molecule has 0 aliphatic carbocycles. The van der Waals surface area contributed by atoms with Crippen molar-refractivity contribution in [2.75, 3.05) is 13.1 Å². The lowest BCUT2D eigenvalue weighted by molar-refractivity contribution is 0.0956. The Labute approximate surface area is 92.4 Å². The maximum atomic E-state index is 11.5. The Kier molecular flexibility index (Phi) is 3.63. The van der Waals surface area contributed by atoms with Crippen molar-refractivity contribution in [3.63, 3.8) is 0 Å². The predicted molar refractivity (Wildman–Crippen MR) is 57.9 cm³/mol. The highest BCUT2D eigenvalue weighted by Crippen LogP contribution is 2.08. The lowest BCUT2D eigenvalue weighted by Gasteiger charge is -2.09. The molecule has 0 spiro atoms. The third-order valence-electron chi connectivity index (χ3n) is 2.53. The van der Waals surface area contributed by atoms with Crippen LogP contribution in [0.2, 0.25) is 0 Å². The minimum absolute atomic E-state index is 0.0667. The number of hydrogen-bond acceptors (Lipinski definition) is 5. The molecule has 5 nitrogen and oxygen atoms in total. The van der Waals surface area contributed by atoms with Gasteiger partial charge in [0.05, 0.1) is 6.20 Å². The van der Waals surface area contributed by atoms with E-state index in [1.165, 1.54) is 19.0 Å². The van der Waals surface area contributed by atoms with Crippen molar-refractivity contribution in [1.82, 2.24) is 20.2 Å². The second-order valence-electron chi connectivity index (χ2n) is 3.62. The highest BCUT2D eigenvalue weighted by molar-refractivity contribution is 7.07. The molecule has 2 heterocycles. The standard InChI is InChI=1S/C9H14N4OS/c14-9(8-6-12-13-15-8)11-5-3-7-2-1-4-10-7/h6-7,10H,1-5H2,(H,11,14). The van der Waals surface area contributed by atoms with E-state index in [9.17, 15) is 4.79 Å². The van der Waals surface area contributed by atoms with Crippen LogP contribution in [0.4, 0.5) is 0 Å². The number of nitrogens with one attached hydrogen (secondary N) is 2. The van der Waals surface area contributed by atoms with Crippen LogP contribution in [0, 0.1) is 0 Å². The van der Waals surface area contributed by atoms with Crippen molar-refractivity contribution in [2.45, 2.75) is 25.3 Å². The zero-order chi connectivity index (χ0) is 10.5. The van der Waals surface area contributed by atoms with Gasteiger partial charge in [-0.1, -0.05) is 4.49 Å². The fourth-order valence-corrected chi connectivity index (χ4v) is 2.15. The fraction of sp³-hybridized carbons (Fsp3) is 0.667. The maximum absolute atomic E-state index is 11.5. The summed E-state index contributed by atoms with van der Waals surface area (Å²) in [6.07, 6.45) is 4.96. The van der Waals surface area contributed by atoms with Gasteiger partial charge in [-0.2, -0.15) is 0 Å². The SMILES string of the molecule is O=C(NCCC1CCCN1)c1cnns1. The number of carbonyl (C=O) groups excluding carboxylic acids is 1. The van der Waals surface area contributed by atoms with Gasteiger partial charge in [0.2, 0.25) is 0 Å². The summed E-state index contributed by atoms with van der Waals surface area (Å²) in [4.78, 5) is 12.1. The predicted octanol–water partition coefficient (Wildman–Crippen LogP) is 0.410. The van der Waals surface area contributed by atoms with Gasteiger partial charge in [0.1, 0.15) is 4.88 Å². The number of rotatable bonds is 4. The Morgan fingerprint density at radius 2 is 2.67 bits per heavy atom. The van der Waals surface area contributed by atoms with Crippen molar-refractivity contribution in [3.8, 4) is 0 Å². The Balaban J connectivity index is 1.67. The van der Waals surface area contributed by atoms with E-state index in [0.717, 1.165) is 24.5 Å². The molecule has 1 aromatic heterocycles. The molecule has 1 amide bonds. The summed E-state index contributed by atoms with van der Waals surface area (Å²) >= 11 is 1.12. The van der Waals surface area contributed by atoms with Gasteiger partial charge in [-0.05, 0) is 37.3 Å². The van der Waals surface area contributed by atoms with Crippen molar-refractivity contribution < 1.29 is 4.79 Å². The van der Waals surface area contributed by atoms with Gasteiger partial charge < -0.3 is 10.6 Å². The first-order chi connectivity index (χ1) is 7.36. The Morgan fingerprint density at radius 3 is 3.33 bits per heavy atom. The summed E-state index contributed by atoms with van der Waals surface area (Å²) in [7, 11) is 0. The summed E-state index contributed by atoms with van der Waals surface area (Å²) in [5.74, 6) is -0.0667. The van der Waals surface area contributed by atoms with Crippen molar-refractivity contribution in [1.29, 1.82) is 0 Å². The van der Waals surface area contributed by atoms with Crippen LogP contribution in [0.15, 0.2) is 6.20 Å². The van der Waals surface area contributed by atoms with E-state index in [-0.39, 0.29) is 5.91 Å². The lowest BCUT2D eigenvalue weighted by Crippen LogP contribution is -2.30. The molecule has 1 aliphatic rings. The molecule has 1 aliphatic heterocycles. The van der Waals surface area contributed by atoms with Gasteiger partial charge in [0, 0.05) is 12.6 Å². The maximum Gasteiger partial charge on any atom is 0.264 e. The van der Waals surface area contributed by atoms with E-state index in [4.69, 9.17) is 0 Å². The summed E-state index contributed by atoms with van der Waals surface area (Å²) in [6.45, 7) is 1.83. The third kappa shape index (κ3) is 2.97. The first-order valence-corrected chi connectivity index (χ1v) is 5.92. The Hall–Kier alpha value is -1.01. The summed E-state index contributed by atoms with van der Waals surface area (Å²) in [5, 5.41) is 9.88. The molecule has 0 saturated carbocycles. The highest BCUT2D eigenvalue weighted by Gasteiger charge is 2.14. The van der Waals surface area contributed by atoms with Crippen LogP contribution in [0.5, 0.6) is 0 Å². The van der Waals surface area contributed by atoms with Crippen LogP contribution in [0.3, 0.4) is 0 Å². The number of carbonyl (C=O) groups is 1. The molecular formula is C9H14N4OS. The number of aromatic nitrogens is 2. The molecule has 1 saturated heterocycles. The zero-order valence-corrected chi connectivity index (χ0v) is 9.22. The molecule has 82 valence electrons. The first-order valence-electron chi connectivity index (χ1n) is 5.15. The average Bonchev–Trinajstić information content (AvgIpc) is 2.90. The van der Waals surface area contributed by atoms with Gasteiger partial charge in [0.25, 0.3) is 5.91 Å². The van der Waals surface area contributed by atoms with Gasteiger partial charge >= 0.3 is 0 Å². The van der Waals surface area contributed by atoms with E-state index in [1.54, 1.807) is 0 Å². The van der Waals surface area contributed by atoms with Gasteiger partial charge in [-0.25, -0.2) is 0 Å².